The number of hydrogen-bond acceptors (Lipinski definition) is 6. The summed E-state index contributed by atoms with van der Waals surface area (Å²) in [5, 5.41) is 0. The van der Waals surface area contributed by atoms with Gasteiger partial charge >= 0.3 is 5.97 Å². The topological polar surface area (TPSA) is 51.2 Å². The number of carbonyl (C=O) groups excluding carboxylic acids is 1. The Balaban J connectivity index is 2.71. The molecule has 1 aromatic rings. The fraction of sp³-hybridized carbons (Fsp3) is 0.650. The molecule has 0 fully saturated rings. The minimum Gasteiger partial charge on any atom is -0.497 e. The molecule has 0 saturated heterocycles. The van der Waals surface area contributed by atoms with Gasteiger partial charge in [0.2, 0.25) is 0 Å². The number of hydrogen-bond donors (Lipinski definition) is 0. The van der Waals surface area contributed by atoms with Gasteiger partial charge in [0, 0.05) is 19.2 Å². The van der Waals surface area contributed by atoms with Crippen LogP contribution in [-0.2, 0) is 4.74 Å². The number of rotatable bonds is 13. The van der Waals surface area contributed by atoms with E-state index in [4.69, 9.17) is 14.2 Å². The van der Waals surface area contributed by atoms with Gasteiger partial charge in [-0.05, 0) is 38.3 Å². The lowest BCUT2D eigenvalue weighted by Gasteiger charge is -2.19. The van der Waals surface area contributed by atoms with Crippen LogP contribution in [0.2, 0.25) is 0 Å². The molecule has 0 heterocycles. The van der Waals surface area contributed by atoms with Crippen LogP contribution in [0.4, 0.5) is 0 Å². The van der Waals surface area contributed by atoms with Crippen LogP contribution in [0.5, 0.6) is 11.5 Å². The summed E-state index contributed by atoms with van der Waals surface area (Å²) in [4.78, 5) is 16.9. The van der Waals surface area contributed by atoms with E-state index in [-0.39, 0.29) is 5.97 Å². The van der Waals surface area contributed by atoms with Crippen molar-refractivity contribution in [2.24, 2.45) is 0 Å². The maximum Gasteiger partial charge on any atom is 0.341 e. The summed E-state index contributed by atoms with van der Waals surface area (Å²) in [5.41, 5.74) is 0.435. The summed E-state index contributed by atoms with van der Waals surface area (Å²) >= 11 is 0. The monoisotopic (exact) mass is 366 g/mol. The molecule has 0 aliphatic heterocycles. The largest absolute Gasteiger partial charge is 0.497 e. The molecule has 1 rings (SSSR count). The maximum absolute atomic E-state index is 12.5. The first-order valence-corrected chi connectivity index (χ1v) is 9.52. The van der Waals surface area contributed by atoms with Gasteiger partial charge < -0.3 is 24.0 Å². The zero-order valence-corrected chi connectivity index (χ0v) is 16.9. The van der Waals surface area contributed by atoms with Crippen molar-refractivity contribution >= 4 is 5.97 Å². The summed E-state index contributed by atoms with van der Waals surface area (Å²) in [6.07, 6.45) is 0. The second-order valence-electron chi connectivity index (χ2n) is 5.90. The number of nitrogens with zero attached hydrogens (tertiary/aromatic N) is 2. The molecule has 0 bridgehead atoms. The van der Waals surface area contributed by atoms with Gasteiger partial charge in [-0.3, -0.25) is 0 Å². The van der Waals surface area contributed by atoms with Crippen LogP contribution in [0.15, 0.2) is 18.2 Å². The van der Waals surface area contributed by atoms with Crippen molar-refractivity contribution in [3.63, 3.8) is 0 Å². The molecule has 0 aliphatic carbocycles. The summed E-state index contributed by atoms with van der Waals surface area (Å²) in [6.45, 7) is 14.7. The number of benzene rings is 1. The Bertz CT molecular complexity index is 529. The fourth-order valence-corrected chi connectivity index (χ4v) is 2.63. The van der Waals surface area contributed by atoms with E-state index in [2.05, 4.69) is 37.5 Å². The highest BCUT2D eigenvalue weighted by atomic mass is 16.5. The Morgan fingerprint density at radius 1 is 0.923 bits per heavy atom. The van der Waals surface area contributed by atoms with E-state index in [1.807, 2.05) is 0 Å². The Morgan fingerprint density at radius 2 is 1.50 bits per heavy atom. The Morgan fingerprint density at radius 3 is 2.04 bits per heavy atom. The van der Waals surface area contributed by atoms with Crippen LogP contribution in [0.1, 0.15) is 38.1 Å². The van der Waals surface area contributed by atoms with Crippen LogP contribution in [0, 0.1) is 0 Å². The molecule has 0 aromatic heterocycles. The fourth-order valence-electron chi connectivity index (χ4n) is 2.63. The van der Waals surface area contributed by atoms with Crippen molar-refractivity contribution in [2.45, 2.75) is 27.7 Å². The molecule has 0 saturated carbocycles. The predicted molar refractivity (Wildman–Crippen MR) is 104 cm³/mol. The normalized spacial score (nSPS) is 11.0. The van der Waals surface area contributed by atoms with Gasteiger partial charge in [-0.1, -0.05) is 27.7 Å². The molecule has 6 heteroatoms. The molecule has 0 N–H and O–H groups in total. The smallest absolute Gasteiger partial charge is 0.341 e. The van der Waals surface area contributed by atoms with Crippen molar-refractivity contribution in [3.05, 3.63) is 23.8 Å². The molecule has 0 radical (unpaired) electrons. The lowest BCUT2D eigenvalue weighted by atomic mass is 10.2. The molecule has 26 heavy (non-hydrogen) atoms. The molecule has 1 aromatic carbocycles. The Hall–Kier alpha value is -1.79. The maximum atomic E-state index is 12.5. The summed E-state index contributed by atoms with van der Waals surface area (Å²) in [5.74, 6) is 0.796. The van der Waals surface area contributed by atoms with E-state index in [1.165, 1.54) is 0 Å². The average Bonchev–Trinajstić information content (AvgIpc) is 2.68. The SMILES string of the molecule is CCN(CC)CCOC(=O)c1ccc(OC)cc1OCCN(CC)CC. The minimum atomic E-state index is -0.363. The first kappa shape index (κ1) is 22.3. The van der Waals surface area contributed by atoms with Gasteiger partial charge in [0.1, 0.15) is 30.3 Å². The van der Waals surface area contributed by atoms with Gasteiger partial charge in [-0.15, -0.1) is 0 Å². The van der Waals surface area contributed by atoms with Gasteiger partial charge in [0.25, 0.3) is 0 Å². The van der Waals surface area contributed by atoms with Crippen LogP contribution < -0.4 is 9.47 Å². The quantitative estimate of drug-likeness (QED) is 0.500. The average molecular weight is 367 g/mol. The summed E-state index contributed by atoms with van der Waals surface area (Å²) < 4.78 is 16.6. The second kappa shape index (κ2) is 12.5. The van der Waals surface area contributed by atoms with Crippen molar-refractivity contribution in [2.75, 3.05) is 59.6 Å². The second-order valence-corrected chi connectivity index (χ2v) is 5.90. The molecular weight excluding hydrogens is 332 g/mol. The Kier molecular flexibility index (Phi) is 10.7. The van der Waals surface area contributed by atoms with Crippen LogP contribution >= 0.6 is 0 Å². The van der Waals surface area contributed by atoms with Gasteiger partial charge in [-0.2, -0.15) is 0 Å². The lowest BCUT2D eigenvalue weighted by Crippen LogP contribution is -2.28. The molecule has 6 nitrogen and oxygen atoms in total. The third kappa shape index (κ3) is 7.22. The molecule has 0 atom stereocenters. The molecule has 0 aliphatic rings. The number of likely N-dealkylation sites (N-methyl/N-ethyl adjacent to an activating group) is 2. The standard InChI is InChI=1S/C20H34N2O4/c1-6-21(7-2)12-14-25-19-16-17(24-5)10-11-18(19)20(23)26-15-13-22(8-3)9-4/h10-11,16H,6-9,12-15H2,1-5H3. The highest BCUT2D eigenvalue weighted by molar-refractivity contribution is 5.92. The number of ether oxygens (including phenoxy) is 3. The first-order chi connectivity index (χ1) is 12.6. The summed E-state index contributed by atoms with van der Waals surface area (Å²) in [7, 11) is 1.59. The van der Waals surface area contributed by atoms with Gasteiger partial charge in [0.05, 0.1) is 7.11 Å². The van der Waals surface area contributed by atoms with Crippen molar-refractivity contribution < 1.29 is 19.0 Å². The molecule has 148 valence electrons. The van der Waals surface area contributed by atoms with Crippen LogP contribution in [0.3, 0.4) is 0 Å². The predicted octanol–water partition coefficient (Wildman–Crippen LogP) is 2.91. The first-order valence-electron chi connectivity index (χ1n) is 9.52. The van der Waals surface area contributed by atoms with Crippen molar-refractivity contribution in [1.82, 2.24) is 9.80 Å². The van der Waals surface area contributed by atoms with Crippen LogP contribution in [0.25, 0.3) is 0 Å². The number of esters is 1. The molecule has 0 unspecified atom stereocenters. The third-order valence-corrected chi connectivity index (χ3v) is 4.50. The van der Waals surface area contributed by atoms with Gasteiger partial charge in [0.15, 0.2) is 0 Å². The van der Waals surface area contributed by atoms with E-state index in [1.54, 1.807) is 25.3 Å². The van der Waals surface area contributed by atoms with Crippen molar-refractivity contribution in [3.8, 4) is 11.5 Å². The highest BCUT2D eigenvalue weighted by Crippen LogP contribution is 2.25. The zero-order chi connectivity index (χ0) is 19.4. The van der Waals surface area contributed by atoms with Gasteiger partial charge in [-0.25, -0.2) is 4.79 Å². The number of carbonyl (C=O) groups is 1. The zero-order valence-electron chi connectivity index (χ0n) is 16.9. The lowest BCUT2D eigenvalue weighted by molar-refractivity contribution is 0.0461. The number of methoxy groups -OCH3 is 1. The van der Waals surface area contributed by atoms with Crippen molar-refractivity contribution in [1.29, 1.82) is 0 Å². The highest BCUT2D eigenvalue weighted by Gasteiger charge is 2.16. The summed E-state index contributed by atoms with van der Waals surface area (Å²) in [6, 6.07) is 5.19. The Labute approximate surface area is 158 Å². The van der Waals surface area contributed by atoms with Crippen LogP contribution in [-0.4, -0.2) is 75.4 Å². The molecular formula is C20H34N2O4. The third-order valence-electron chi connectivity index (χ3n) is 4.50. The minimum absolute atomic E-state index is 0.363. The molecule has 0 spiro atoms. The van der Waals surface area contributed by atoms with E-state index < -0.39 is 0 Å². The van der Waals surface area contributed by atoms with E-state index >= 15 is 0 Å². The van der Waals surface area contributed by atoms with E-state index in [9.17, 15) is 4.79 Å². The van der Waals surface area contributed by atoms with E-state index in [0.717, 1.165) is 39.3 Å². The molecule has 0 amide bonds. The van der Waals surface area contributed by atoms with E-state index in [0.29, 0.717) is 30.3 Å².